The SMILES string of the molecule is C=C1OC(=O)C(OC(=O)[C@@]2(C)[C@@H]3CCC[C@H](OCOC)[C@H]3C=C[C@H]2CCCC/C=C/C=C/C(=CC)COCOC)=C1OC. The van der Waals surface area contributed by atoms with Gasteiger partial charge in [-0.2, -0.15) is 0 Å². The molecule has 0 N–H and O–H groups in total. The van der Waals surface area contributed by atoms with E-state index in [1.165, 1.54) is 7.11 Å². The highest BCUT2D eigenvalue weighted by molar-refractivity contribution is 5.95. The second-order valence-electron chi connectivity index (χ2n) is 11.3. The fourth-order valence-corrected chi connectivity index (χ4v) is 6.30. The highest BCUT2D eigenvalue weighted by Gasteiger charge is 2.55. The Morgan fingerprint density at radius 2 is 1.88 bits per heavy atom. The highest BCUT2D eigenvalue weighted by atomic mass is 16.7. The molecule has 0 radical (unpaired) electrons. The van der Waals surface area contributed by atoms with Crippen molar-refractivity contribution in [3.63, 3.8) is 0 Å². The quantitative estimate of drug-likeness (QED) is 0.0627. The molecule has 238 valence electrons. The van der Waals surface area contributed by atoms with E-state index < -0.39 is 17.4 Å². The average molecular weight is 601 g/mol. The van der Waals surface area contributed by atoms with E-state index in [0.29, 0.717) is 6.61 Å². The first-order valence-corrected chi connectivity index (χ1v) is 15.1. The van der Waals surface area contributed by atoms with Crippen LogP contribution < -0.4 is 0 Å². The number of fused-ring (bicyclic) bond motifs is 1. The zero-order chi connectivity index (χ0) is 31.2. The standard InChI is InChI=1S/C34H48O9/c1-7-25(21-40-22-37-4)15-12-10-8-9-11-13-16-26-19-20-27-28(17-14-18-29(27)41-23-38-5)34(26,3)33(36)43-31-30(39-6)24(2)42-32(31)35/h7-8,10,12,15,19-20,26-29H,2,9,11,13-14,16-18,21-23H2,1,3-6H3/b10-8+,15-12+,25-7?/t26-,27+,28-,29+,34-/m1/s1. The zero-order valence-electron chi connectivity index (χ0n) is 26.3. The number of ether oxygens (including phenoxy) is 7. The molecule has 5 atom stereocenters. The number of hydrogen-bond donors (Lipinski definition) is 0. The third-order valence-electron chi connectivity index (χ3n) is 8.64. The van der Waals surface area contributed by atoms with Gasteiger partial charge in [-0.15, -0.1) is 0 Å². The van der Waals surface area contributed by atoms with Crippen LogP contribution in [0.2, 0.25) is 0 Å². The molecular weight excluding hydrogens is 552 g/mol. The molecule has 0 spiro atoms. The van der Waals surface area contributed by atoms with Gasteiger partial charge in [-0.1, -0.05) is 62.0 Å². The molecular formula is C34H48O9. The van der Waals surface area contributed by atoms with E-state index in [2.05, 4.69) is 24.8 Å². The fourth-order valence-electron chi connectivity index (χ4n) is 6.30. The van der Waals surface area contributed by atoms with E-state index in [1.807, 2.05) is 38.2 Å². The molecule has 1 saturated carbocycles. The summed E-state index contributed by atoms with van der Waals surface area (Å²) in [6.45, 7) is 8.62. The molecule has 0 bridgehead atoms. The molecule has 3 rings (SSSR count). The molecule has 3 aliphatic rings. The number of unbranched alkanes of at least 4 members (excludes halogenated alkanes) is 2. The van der Waals surface area contributed by atoms with E-state index >= 15 is 0 Å². The van der Waals surface area contributed by atoms with Crippen molar-refractivity contribution in [2.75, 3.05) is 41.5 Å². The van der Waals surface area contributed by atoms with Gasteiger partial charge in [0, 0.05) is 20.1 Å². The second-order valence-corrected chi connectivity index (χ2v) is 11.3. The maximum Gasteiger partial charge on any atom is 0.384 e. The molecule has 0 aromatic heterocycles. The van der Waals surface area contributed by atoms with Crippen LogP contribution >= 0.6 is 0 Å². The summed E-state index contributed by atoms with van der Waals surface area (Å²) in [6, 6.07) is 0. The molecule has 0 amide bonds. The van der Waals surface area contributed by atoms with Crippen molar-refractivity contribution in [2.24, 2.45) is 23.2 Å². The largest absolute Gasteiger partial charge is 0.490 e. The molecule has 0 aromatic rings. The molecule has 0 aromatic carbocycles. The second kappa shape index (κ2) is 17.3. The third-order valence-corrected chi connectivity index (χ3v) is 8.64. The van der Waals surface area contributed by atoms with Gasteiger partial charge in [0.1, 0.15) is 13.6 Å². The van der Waals surface area contributed by atoms with E-state index in [9.17, 15) is 9.59 Å². The van der Waals surface area contributed by atoms with E-state index in [4.69, 9.17) is 33.2 Å². The summed E-state index contributed by atoms with van der Waals surface area (Å²) >= 11 is 0. The van der Waals surface area contributed by atoms with Crippen molar-refractivity contribution in [3.8, 4) is 0 Å². The summed E-state index contributed by atoms with van der Waals surface area (Å²) in [5.74, 6) is -1.43. The van der Waals surface area contributed by atoms with Gasteiger partial charge >= 0.3 is 11.9 Å². The molecule has 0 saturated heterocycles. The summed E-state index contributed by atoms with van der Waals surface area (Å²) in [7, 11) is 4.60. The minimum atomic E-state index is -0.878. The molecule has 1 fully saturated rings. The molecule has 1 heterocycles. The molecule has 0 unspecified atom stereocenters. The van der Waals surface area contributed by atoms with Gasteiger partial charge in [-0.25, -0.2) is 4.79 Å². The topological polar surface area (TPSA) is 98.8 Å². The summed E-state index contributed by atoms with van der Waals surface area (Å²) in [5, 5.41) is 0. The summed E-state index contributed by atoms with van der Waals surface area (Å²) < 4.78 is 37.7. The molecule has 9 heteroatoms. The van der Waals surface area contributed by atoms with Crippen LogP contribution in [0.25, 0.3) is 0 Å². The first-order chi connectivity index (χ1) is 20.8. The maximum absolute atomic E-state index is 14.1. The van der Waals surface area contributed by atoms with Crippen molar-refractivity contribution in [1.82, 2.24) is 0 Å². The lowest BCUT2D eigenvalue weighted by atomic mass is 9.55. The number of carbonyl (C=O) groups is 2. The van der Waals surface area contributed by atoms with Crippen LogP contribution in [0, 0.1) is 23.2 Å². The van der Waals surface area contributed by atoms with Crippen LogP contribution in [0.1, 0.15) is 58.8 Å². The Labute approximate surface area is 256 Å². The van der Waals surface area contributed by atoms with Crippen molar-refractivity contribution in [3.05, 3.63) is 72.0 Å². The Balaban J connectivity index is 1.69. The van der Waals surface area contributed by atoms with Crippen LogP contribution in [-0.4, -0.2) is 59.6 Å². The van der Waals surface area contributed by atoms with Gasteiger partial charge in [-0.3, -0.25) is 4.79 Å². The minimum absolute atomic E-state index is 0.0171. The molecule has 9 nitrogen and oxygen atoms in total. The van der Waals surface area contributed by atoms with Crippen LogP contribution in [0.4, 0.5) is 0 Å². The van der Waals surface area contributed by atoms with E-state index in [0.717, 1.165) is 50.5 Å². The maximum atomic E-state index is 14.1. The number of allylic oxidation sites excluding steroid dienone is 5. The van der Waals surface area contributed by atoms with Gasteiger partial charge in [0.2, 0.25) is 5.76 Å². The number of rotatable bonds is 17. The van der Waals surface area contributed by atoms with Crippen LogP contribution in [0.15, 0.2) is 72.0 Å². The predicted molar refractivity (Wildman–Crippen MR) is 162 cm³/mol. The van der Waals surface area contributed by atoms with Gasteiger partial charge in [0.15, 0.2) is 5.76 Å². The van der Waals surface area contributed by atoms with Gasteiger partial charge < -0.3 is 33.2 Å². The first kappa shape index (κ1) is 34.5. The Morgan fingerprint density at radius 1 is 1.09 bits per heavy atom. The monoisotopic (exact) mass is 600 g/mol. The molecule has 2 aliphatic carbocycles. The number of methoxy groups -OCH3 is 3. The van der Waals surface area contributed by atoms with Crippen molar-refractivity contribution in [2.45, 2.75) is 64.9 Å². The molecule has 1 aliphatic heterocycles. The fraction of sp³-hybridized carbons (Fsp3) is 0.588. The van der Waals surface area contributed by atoms with Gasteiger partial charge in [-0.05, 0) is 63.4 Å². The number of esters is 2. The van der Waals surface area contributed by atoms with Crippen LogP contribution in [0.5, 0.6) is 0 Å². The summed E-state index contributed by atoms with van der Waals surface area (Å²) in [6.07, 6.45) is 20.9. The van der Waals surface area contributed by atoms with Crippen molar-refractivity contribution < 1.29 is 42.7 Å². The Morgan fingerprint density at radius 3 is 2.60 bits per heavy atom. The van der Waals surface area contributed by atoms with E-state index in [1.54, 1.807) is 14.2 Å². The average Bonchev–Trinajstić information content (AvgIpc) is 3.28. The summed E-state index contributed by atoms with van der Waals surface area (Å²) in [5.41, 5.74) is 0.202. The smallest absolute Gasteiger partial charge is 0.384 e. The minimum Gasteiger partial charge on any atom is -0.490 e. The first-order valence-electron chi connectivity index (χ1n) is 15.1. The third kappa shape index (κ3) is 8.79. The lowest BCUT2D eigenvalue weighted by molar-refractivity contribution is -0.170. The normalized spacial score (nSPS) is 27.7. The van der Waals surface area contributed by atoms with Gasteiger partial charge in [0.25, 0.3) is 5.76 Å². The molecule has 43 heavy (non-hydrogen) atoms. The number of cyclic esters (lactones) is 1. The van der Waals surface area contributed by atoms with Crippen molar-refractivity contribution >= 4 is 11.9 Å². The number of carbonyl (C=O) groups excluding carboxylic acids is 2. The lowest BCUT2D eigenvalue weighted by Gasteiger charge is -2.50. The Bertz CT molecular complexity index is 1110. The highest BCUT2D eigenvalue weighted by Crippen LogP contribution is 2.53. The Hall–Kier alpha value is -2.98. The van der Waals surface area contributed by atoms with Crippen LogP contribution in [-0.2, 0) is 42.7 Å². The zero-order valence-corrected chi connectivity index (χ0v) is 26.3. The Kier molecular flexibility index (Phi) is 13.9. The summed E-state index contributed by atoms with van der Waals surface area (Å²) in [4.78, 5) is 26.5. The van der Waals surface area contributed by atoms with Crippen molar-refractivity contribution in [1.29, 1.82) is 0 Å². The predicted octanol–water partition coefficient (Wildman–Crippen LogP) is 6.30. The van der Waals surface area contributed by atoms with E-state index in [-0.39, 0.29) is 54.7 Å². The van der Waals surface area contributed by atoms with Crippen LogP contribution in [0.3, 0.4) is 0 Å². The number of hydrogen-bond acceptors (Lipinski definition) is 9. The lowest BCUT2D eigenvalue weighted by Crippen LogP contribution is -2.52. The van der Waals surface area contributed by atoms with Gasteiger partial charge in [0.05, 0.1) is 25.2 Å².